The van der Waals surface area contributed by atoms with Gasteiger partial charge in [-0.2, -0.15) is 0 Å². The molecule has 0 saturated carbocycles. The summed E-state index contributed by atoms with van der Waals surface area (Å²) in [5.74, 6) is 0.255. The number of thiazole rings is 1. The fourth-order valence-corrected chi connectivity index (χ4v) is 3.80. The molecule has 1 amide bonds. The van der Waals surface area contributed by atoms with E-state index in [4.69, 9.17) is 4.98 Å². The van der Waals surface area contributed by atoms with Gasteiger partial charge in [-0.3, -0.25) is 4.79 Å². The molecule has 0 spiro atoms. The molecule has 112 valence electrons. The topological polar surface area (TPSA) is 36.4 Å². The summed E-state index contributed by atoms with van der Waals surface area (Å²) in [6, 6.07) is 4.33. The van der Waals surface area contributed by atoms with Crippen LogP contribution in [0.1, 0.15) is 24.5 Å². The molecule has 4 nitrogen and oxygen atoms in total. The highest BCUT2D eigenvalue weighted by molar-refractivity contribution is 7.22. The molecule has 0 atom stereocenters. The Hall–Kier alpha value is -1.62. The van der Waals surface area contributed by atoms with Gasteiger partial charge in [-0.15, -0.1) is 0 Å². The van der Waals surface area contributed by atoms with Crippen molar-refractivity contribution in [3.05, 3.63) is 23.3 Å². The van der Waals surface area contributed by atoms with Gasteiger partial charge in [0.15, 0.2) is 5.13 Å². The van der Waals surface area contributed by atoms with Crippen LogP contribution >= 0.6 is 11.3 Å². The summed E-state index contributed by atoms with van der Waals surface area (Å²) in [5, 5.41) is 1.09. The van der Waals surface area contributed by atoms with Crippen LogP contribution < -0.4 is 4.90 Å². The lowest BCUT2D eigenvalue weighted by Crippen LogP contribution is -2.48. The zero-order valence-corrected chi connectivity index (χ0v) is 13.7. The van der Waals surface area contributed by atoms with E-state index in [0.29, 0.717) is 6.42 Å². The number of hydrogen-bond donors (Lipinski definition) is 0. The van der Waals surface area contributed by atoms with E-state index in [-0.39, 0.29) is 5.91 Å². The van der Waals surface area contributed by atoms with E-state index in [0.717, 1.165) is 36.8 Å². The molecule has 0 aliphatic carbocycles. The van der Waals surface area contributed by atoms with Crippen LogP contribution in [-0.2, 0) is 4.79 Å². The average molecular weight is 303 g/mol. The molecule has 0 radical (unpaired) electrons. The molecule has 21 heavy (non-hydrogen) atoms. The zero-order chi connectivity index (χ0) is 15.0. The summed E-state index contributed by atoms with van der Waals surface area (Å²) in [5.41, 5.74) is 3.69. The van der Waals surface area contributed by atoms with Gasteiger partial charge < -0.3 is 9.80 Å². The standard InChI is InChI=1S/C16H21N3OS/c1-4-14(20)18-7-9-19(10-8-18)16-17-15-12(3)11(2)5-6-13(15)21-16/h5-6H,4,7-10H2,1-3H3. The molecule has 2 heterocycles. The first-order valence-electron chi connectivity index (χ1n) is 7.49. The normalized spacial score (nSPS) is 15.8. The maximum atomic E-state index is 11.7. The molecular formula is C16H21N3OS. The fraction of sp³-hybridized carbons (Fsp3) is 0.500. The molecule has 5 heteroatoms. The lowest BCUT2D eigenvalue weighted by molar-refractivity contribution is -0.131. The zero-order valence-electron chi connectivity index (χ0n) is 12.8. The number of piperazine rings is 1. The van der Waals surface area contributed by atoms with Gasteiger partial charge in [-0.05, 0) is 31.0 Å². The predicted octanol–water partition coefficient (Wildman–Crippen LogP) is 2.97. The smallest absolute Gasteiger partial charge is 0.222 e. The van der Waals surface area contributed by atoms with Crippen molar-refractivity contribution < 1.29 is 4.79 Å². The van der Waals surface area contributed by atoms with E-state index in [1.165, 1.54) is 15.8 Å². The van der Waals surface area contributed by atoms with Crippen LogP contribution in [0.2, 0.25) is 0 Å². The molecule has 1 fully saturated rings. The van der Waals surface area contributed by atoms with Crippen LogP contribution in [0.3, 0.4) is 0 Å². The Morgan fingerprint density at radius 3 is 2.62 bits per heavy atom. The van der Waals surface area contributed by atoms with Crippen molar-refractivity contribution >= 4 is 32.6 Å². The van der Waals surface area contributed by atoms with Crippen molar-refractivity contribution in [3.63, 3.8) is 0 Å². The number of fused-ring (bicyclic) bond motifs is 1. The van der Waals surface area contributed by atoms with E-state index in [1.807, 2.05) is 11.8 Å². The van der Waals surface area contributed by atoms with Crippen LogP contribution in [0, 0.1) is 13.8 Å². The maximum absolute atomic E-state index is 11.7. The Kier molecular flexibility index (Phi) is 3.85. The second-order valence-corrected chi connectivity index (χ2v) is 6.58. The third-order valence-corrected chi connectivity index (χ3v) is 5.36. The van der Waals surface area contributed by atoms with Gasteiger partial charge >= 0.3 is 0 Å². The molecule has 1 saturated heterocycles. The highest BCUT2D eigenvalue weighted by Gasteiger charge is 2.22. The number of benzene rings is 1. The first-order chi connectivity index (χ1) is 10.1. The average Bonchev–Trinajstić information content (AvgIpc) is 2.95. The number of anilines is 1. The van der Waals surface area contributed by atoms with E-state index >= 15 is 0 Å². The molecule has 2 aromatic rings. The van der Waals surface area contributed by atoms with Crippen molar-refractivity contribution in [2.75, 3.05) is 31.1 Å². The Balaban J connectivity index is 1.80. The van der Waals surface area contributed by atoms with Gasteiger partial charge in [0.1, 0.15) is 0 Å². The second kappa shape index (κ2) is 5.64. The van der Waals surface area contributed by atoms with Gasteiger partial charge in [0.25, 0.3) is 0 Å². The number of carbonyl (C=O) groups is 1. The molecule has 0 bridgehead atoms. The van der Waals surface area contributed by atoms with Gasteiger partial charge in [-0.1, -0.05) is 24.3 Å². The lowest BCUT2D eigenvalue weighted by Gasteiger charge is -2.34. The van der Waals surface area contributed by atoms with Crippen molar-refractivity contribution in [1.82, 2.24) is 9.88 Å². The third-order valence-electron chi connectivity index (χ3n) is 4.28. The Morgan fingerprint density at radius 2 is 1.95 bits per heavy atom. The van der Waals surface area contributed by atoms with Crippen LogP contribution in [0.5, 0.6) is 0 Å². The third kappa shape index (κ3) is 2.62. The first-order valence-corrected chi connectivity index (χ1v) is 8.31. The summed E-state index contributed by atoms with van der Waals surface area (Å²) in [6.45, 7) is 9.56. The van der Waals surface area contributed by atoms with Crippen LogP contribution in [0.15, 0.2) is 12.1 Å². The number of hydrogen-bond acceptors (Lipinski definition) is 4. The monoisotopic (exact) mass is 303 g/mol. The Labute approximate surface area is 129 Å². The molecule has 0 unspecified atom stereocenters. The summed E-state index contributed by atoms with van der Waals surface area (Å²) in [7, 11) is 0. The summed E-state index contributed by atoms with van der Waals surface area (Å²) >= 11 is 1.75. The van der Waals surface area contributed by atoms with Gasteiger partial charge in [-0.25, -0.2) is 4.98 Å². The molecule has 0 N–H and O–H groups in total. The van der Waals surface area contributed by atoms with E-state index < -0.39 is 0 Å². The Morgan fingerprint density at radius 1 is 1.24 bits per heavy atom. The fourth-order valence-electron chi connectivity index (χ4n) is 2.72. The first kappa shape index (κ1) is 14.3. The summed E-state index contributed by atoms with van der Waals surface area (Å²) in [6.07, 6.45) is 0.597. The number of rotatable bonds is 2. The quantitative estimate of drug-likeness (QED) is 0.856. The minimum Gasteiger partial charge on any atom is -0.345 e. The molecule has 1 aliphatic rings. The molecule has 1 aromatic heterocycles. The number of aryl methyl sites for hydroxylation is 2. The molecular weight excluding hydrogens is 282 g/mol. The van der Waals surface area contributed by atoms with Crippen molar-refractivity contribution in [2.45, 2.75) is 27.2 Å². The number of carbonyl (C=O) groups excluding carboxylic acids is 1. The van der Waals surface area contributed by atoms with Gasteiger partial charge in [0, 0.05) is 32.6 Å². The summed E-state index contributed by atoms with van der Waals surface area (Å²) in [4.78, 5) is 20.8. The number of aromatic nitrogens is 1. The van der Waals surface area contributed by atoms with E-state index in [1.54, 1.807) is 11.3 Å². The van der Waals surface area contributed by atoms with Crippen LogP contribution in [0.25, 0.3) is 10.2 Å². The van der Waals surface area contributed by atoms with E-state index in [9.17, 15) is 4.79 Å². The largest absolute Gasteiger partial charge is 0.345 e. The molecule has 1 aliphatic heterocycles. The Bertz CT molecular complexity index is 671. The lowest BCUT2D eigenvalue weighted by atomic mass is 10.1. The van der Waals surface area contributed by atoms with E-state index in [2.05, 4.69) is 30.9 Å². The highest BCUT2D eigenvalue weighted by atomic mass is 32.1. The van der Waals surface area contributed by atoms with Crippen molar-refractivity contribution in [2.24, 2.45) is 0 Å². The SMILES string of the molecule is CCC(=O)N1CCN(c2nc3c(C)c(C)ccc3s2)CC1. The maximum Gasteiger partial charge on any atom is 0.222 e. The molecule has 1 aromatic carbocycles. The van der Waals surface area contributed by atoms with Crippen LogP contribution in [-0.4, -0.2) is 42.0 Å². The highest BCUT2D eigenvalue weighted by Crippen LogP contribution is 2.32. The minimum absolute atomic E-state index is 0.255. The van der Waals surface area contributed by atoms with Crippen molar-refractivity contribution in [3.8, 4) is 0 Å². The predicted molar refractivity (Wildman–Crippen MR) is 88.2 cm³/mol. The van der Waals surface area contributed by atoms with Crippen molar-refractivity contribution in [1.29, 1.82) is 0 Å². The number of amides is 1. The molecule has 3 rings (SSSR count). The second-order valence-electron chi connectivity index (χ2n) is 5.57. The minimum atomic E-state index is 0.255. The number of nitrogens with zero attached hydrogens (tertiary/aromatic N) is 3. The van der Waals surface area contributed by atoms with Gasteiger partial charge in [0.05, 0.1) is 10.2 Å². The summed E-state index contributed by atoms with van der Waals surface area (Å²) < 4.78 is 1.25. The van der Waals surface area contributed by atoms with Crippen LogP contribution in [0.4, 0.5) is 5.13 Å². The van der Waals surface area contributed by atoms with Gasteiger partial charge in [0.2, 0.25) is 5.91 Å².